The molecule has 20 heavy (non-hydrogen) atoms. The summed E-state index contributed by atoms with van der Waals surface area (Å²) in [6.45, 7) is 5.19. The number of rotatable bonds is 5. The molecule has 0 spiro atoms. The summed E-state index contributed by atoms with van der Waals surface area (Å²) in [4.78, 5) is 21.6. The van der Waals surface area contributed by atoms with E-state index >= 15 is 0 Å². The largest absolute Gasteiger partial charge is 0.458 e. The van der Waals surface area contributed by atoms with Crippen molar-refractivity contribution < 1.29 is 19.6 Å². The van der Waals surface area contributed by atoms with Gasteiger partial charge in [-0.05, 0) is 39.2 Å². The second-order valence-electron chi connectivity index (χ2n) is 5.51. The summed E-state index contributed by atoms with van der Waals surface area (Å²) in [6.07, 6.45) is -0.532. The van der Waals surface area contributed by atoms with Crippen LogP contribution in [0.5, 0.6) is 0 Å². The van der Waals surface area contributed by atoms with Crippen LogP contribution in [0.15, 0.2) is 24.3 Å². The van der Waals surface area contributed by atoms with Crippen LogP contribution >= 0.6 is 0 Å². The molecule has 0 fully saturated rings. The van der Waals surface area contributed by atoms with E-state index < -0.39 is 22.6 Å². The zero-order valence-corrected chi connectivity index (χ0v) is 11.8. The number of hydrogen-bond acceptors (Lipinski definition) is 5. The predicted molar refractivity (Wildman–Crippen MR) is 73.3 cm³/mol. The van der Waals surface area contributed by atoms with Crippen molar-refractivity contribution in [3.05, 3.63) is 39.9 Å². The first-order valence-electron chi connectivity index (χ1n) is 6.33. The van der Waals surface area contributed by atoms with Crippen molar-refractivity contribution in [3.8, 4) is 0 Å². The Morgan fingerprint density at radius 2 is 1.90 bits per heavy atom. The lowest BCUT2D eigenvalue weighted by atomic mass is 10.1. The highest BCUT2D eigenvalue weighted by atomic mass is 16.6. The Balaban J connectivity index is 2.50. The van der Waals surface area contributed by atoms with Gasteiger partial charge in [-0.1, -0.05) is 12.1 Å². The number of ether oxygens (including phenoxy) is 1. The van der Waals surface area contributed by atoms with E-state index in [1.165, 1.54) is 12.1 Å². The van der Waals surface area contributed by atoms with E-state index in [2.05, 4.69) is 0 Å². The predicted octanol–water partition coefficient (Wildman–Crippen LogP) is 2.23. The van der Waals surface area contributed by atoms with Crippen LogP contribution in [-0.4, -0.2) is 27.7 Å². The monoisotopic (exact) mass is 281 g/mol. The summed E-state index contributed by atoms with van der Waals surface area (Å²) >= 11 is 0. The minimum Gasteiger partial charge on any atom is -0.458 e. The van der Waals surface area contributed by atoms with Gasteiger partial charge in [0.1, 0.15) is 5.60 Å². The molecule has 1 aromatic rings. The average Bonchev–Trinajstić information content (AvgIpc) is 2.34. The third-order valence-electron chi connectivity index (χ3n) is 2.53. The molecule has 1 N–H and O–H groups in total. The number of aliphatic hydroxyl groups is 1. The third kappa shape index (κ3) is 5.36. The van der Waals surface area contributed by atoms with E-state index in [0.29, 0.717) is 6.42 Å². The van der Waals surface area contributed by atoms with Gasteiger partial charge in [-0.25, -0.2) is 4.79 Å². The van der Waals surface area contributed by atoms with Gasteiger partial charge in [-0.2, -0.15) is 0 Å². The van der Waals surface area contributed by atoms with Crippen molar-refractivity contribution in [1.29, 1.82) is 0 Å². The fourth-order valence-corrected chi connectivity index (χ4v) is 1.58. The molecular weight excluding hydrogens is 262 g/mol. The molecule has 0 saturated heterocycles. The Morgan fingerprint density at radius 3 is 2.35 bits per heavy atom. The molecule has 0 heterocycles. The molecule has 1 atom stereocenters. The molecule has 0 aliphatic carbocycles. The van der Waals surface area contributed by atoms with Gasteiger partial charge in [-0.15, -0.1) is 0 Å². The number of non-ortho nitro benzene ring substituents is 1. The molecule has 0 aliphatic rings. The fraction of sp³-hybridized carbons (Fsp3) is 0.500. The van der Waals surface area contributed by atoms with Crippen LogP contribution in [0.2, 0.25) is 0 Å². The molecule has 6 heteroatoms. The van der Waals surface area contributed by atoms with Crippen molar-refractivity contribution in [2.24, 2.45) is 0 Å². The lowest BCUT2D eigenvalue weighted by Gasteiger charge is -2.21. The smallest absolute Gasteiger partial charge is 0.335 e. The zero-order valence-electron chi connectivity index (χ0n) is 11.8. The highest BCUT2D eigenvalue weighted by Gasteiger charge is 2.22. The van der Waals surface area contributed by atoms with Crippen molar-refractivity contribution in [2.75, 3.05) is 0 Å². The van der Waals surface area contributed by atoms with Crippen molar-refractivity contribution in [2.45, 2.75) is 45.3 Å². The molecule has 1 rings (SSSR count). The Labute approximate surface area is 117 Å². The van der Waals surface area contributed by atoms with Crippen LogP contribution in [0.3, 0.4) is 0 Å². The van der Waals surface area contributed by atoms with Crippen LogP contribution in [0, 0.1) is 10.1 Å². The van der Waals surface area contributed by atoms with Gasteiger partial charge in [0.15, 0.2) is 6.10 Å². The van der Waals surface area contributed by atoms with E-state index in [4.69, 9.17) is 4.74 Å². The highest BCUT2D eigenvalue weighted by Crippen LogP contribution is 2.15. The first kappa shape index (κ1) is 16.1. The number of aryl methyl sites for hydroxylation is 1. The van der Waals surface area contributed by atoms with E-state index in [0.717, 1.165) is 5.56 Å². The normalized spacial score (nSPS) is 12.8. The molecule has 1 aromatic carbocycles. The van der Waals surface area contributed by atoms with Crippen molar-refractivity contribution in [3.63, 3.8) is 0 Å². The molecule has 0 unspecified atom stereocenters. The Kier molecular flexibility index (Phi) is 5.21. The number of carbonyl (C=O) groups is 1. The minimum atomic E-state index is -1.19. The van der Waals surface area contributed by atoms with Crippen LogP contribution in [0.25, 0.3) is 0 Å². The first-order valence-corrected chi connectivity index (χ1v) is 6.33. The molecule has 6 nitrogen and oxygen atoms in total. The molecule has 0 aliphatic heterocycles. The maximum absolute atomic E-state index is 11.6. The Hall–Kier alpha value is -1.95. The second kappa shape index (κ2) is 6.47. The van der Waals surface area contributed by atoms with E-state index in [1.54, 1.807) is 32.9 Å². The van der Waals surface area contributed by atoms with Crippen LogP contribution in [0.1, 0.15) is 32.8 Å². The zero-order chi connectivity index (χ0) is 15.3. The summed E-state index contributed by atoms with van der Waals surface area (Å²) in [5.41, 5.74) is 0.199. The second-order valence-corrected chi connectivity index (χ2v) is 5.51. The third-order valence-corrected chi connectivity index (χ3v) is 2.53. The Morgan fingerprint density at radius 1 is 1.35 bits per heavy atom. The number of benzene rings is 1. The van der Waals surface area contributed by atoms with Gasteiger partial charge in [0.2, 0.25) is 0 Å². The quantitative estimate of drug-likeness (QED) is 0.508. The summed E-state index contributed by atoms with van der Waals surface area (Å²) in [7, 11) is 0. The van der Waals surface area contributed by atoms with Crippen molar-refractivity contribution in [1.82, 2.24) is 0 Å². The van der Waals surface area contributed by atoms with E-state index in [-0.39, 0.29) is 12.1 Å². The summed E-state index contributed by atoms with van der Waals surface area (Å²) in [5.74, 6) is -0.653. The summed E-state index contributed by atoms with van der Waals surface area (Å²) in [5, 5.41) is 20.2. The molecular formula is C14H19NO5. The van der Waals surface area contributed by atoms with Gasteiger partial charge >= 0.3 is 5.97 Å². The van der Waals surface area contributed by atoms with Gasteiger partial charge in [0.25, 0.3) is 5.69 Å². The van der Waals surface area contributed by atoms with E-state index in [1.807, 2.05) is 0 Å². The number of esters is 1. The fourth-order valence-electron chi connectivity index (χ4n) is 1.58. The molecule has 0 amide bonds. The maximum atomic E-state index is 11.6. The Bertz CT molecular complexity index is 475. The summed E-state index contributed by atoms with van der Waals surface area (Å²) in [6, 6.07) is 6.02. The lowest BCUT2D eigenvalue weighted by molar-refractivity contribution is -0.384. The topological polar surface area (TPSA) is 89.7 Å². The lowest BCUT2D eigenvalue weighted by Crippen LogP contribution is -2.32. The molecule has 0 bridgehead atoms. The van der Waals surface area contributed by atoms with E-state index in [9.17, 15) is 20.0 Å². The SMILES string of the molecule is CC(C)(C)OC(=O)[C@H](O)CCc1ccc([N+](=O)[O-])cc1. The van der Waals surface area contributed by atoms with Gasteiger partial charge in [-0.3, -0.25) is 10.1 Å². The van der Waals surface area contributed by atoms with Crippen LogP contribution in [0.4, 0.5) is 5.69 Å². The van der Waals surface area contributed by atoms with Crippen LogP contribution < -0.4 is 0 Å². The number of nitro benzene ring substituents is 1. The maximum Gasteiger partial charge on any atom is 0.335 e. The van der Waals surface area contributed by atoms with Gasteiger partial charge < -0.3 is 9.84 Å². The summed E-state index contributed by atoms with van der Waals surface area (Å²) < 4.78 is 5.06. The number of hydrogen-bond donors (Lipinski definition) is 1. The molecule has 110 valence electrons. The highest BCUT2D eigenvalue weighted by molar-refractivity contribution is 5.74. The standard InChI is InChI=1S/C14H19NO5/c1-14(2,3)20-13(17)12(16)9-6-10-4-7-11(8-5-10)15(18)19/h4-5,7-8,12,16H,6,9H2,1-3H3/t12-/m1/s1. The number of nitro groups is 1. The van der Waals surface area contributed by atoms with Crippen molar-refractivity contribution >= 4 is 11.7 Å². The molecule has 0 saturated carbocycles. The number of nitrogens with zero attached hydrogens (tertiary/aromatic N) is 1. The first-order chi connectivity index (χ1) is 9.19. The van der Waals surface area contributed by atoms with Crippen LogP contribution in [-0.2, 0) is 16.0 Å². The minimum absolute atomic E-state index is 0.0152. The molecule has 0 aromatic heterocycles. The average molecular weight is 281 g/mol. The number of aliphatic hydroxyl groups excluding tert-OH is 1. The molecule has 0 radical (unpaired) electrons. The van der Waals surface area contributed by atoms with Gasteiger partial charge in [0.05, 0.1) is 4.92 Å². The van der Waals surface area contributed by atoms with Gasteiger partial charge in [0, 0.05) is 12.1 Å². The number of carbonyl (C=O) groups excluding carboxylic acids is 1.